The van der Waals surface area contributed by atoms with E-state index < -0.39 is 0 Å². The van der Waals surface area contributed by atoms with Gasteiger partial charge in [-0.05, 0) is 34.1 Å². The molecule has 0 spiro atoms. The summed E-state index contributed by atoms with van der Waals surface area (Å²) in [7, 11) is 0. The molecule has 0 radical (unpaired) electrons. The monoisotopic (exact) mass is 268 g/mol. The van der Waals surface area contributed by atoms with Gasteiger partial charge in [0.1, 0.15) is 4.60 Å². The number of rotatable bonds is 1. The Balaban J connectivity index is 2.49. The van der Waals surface area contributed by atoms with Crippen LogP contribution in [0.15, 0.2) is 41.1 Å². The highest BCUT2D eigenvalue weighted by atomic mass is 79.9. The molecule has 0 aliphatic carbocycles. The van der Waals surface area contributed by atoms with Crippen molar-refractivity contribution in [1.29, 1.82) is 0 Å². The predicted octanol–water partition coefficient (Wildman–Crippen LogP) is 3.56. The fourth-order valence-electron chi connectivity index (χ4n) is 1.10. The van der Waals surface area contributed by atoms with Crippen molar-refractivity contribution >= 4 is 27.5 Å². The molecule has 0 aliphatic rings. The Kier molecular flexibility index (Phi) is 2.79. The average Bonchev–Trinajstić information content (AvgIpc) is 2.18. The quantitative estimate of drug-likeness (QED) is 0.740. The van der Waals surface area contributed by atoms with Crippen molar-refractivity contribution in [1.82, 2.24) is 9.97 Å². The van der Waals surface area contributed by atoms with E-state index in [-0.39, 0.29) is 0 Å². The number of nitrogens with zero attached hydrogens (tertiary/aromatic N) is 2. The van der Waals surface area contributed by atoms with Crippen LogP contribution in [0.4, 0.5) is 0 Å². The summed E-state index contributed by atoms with van der Waals surface area (Å²) in [5.74, 6) is 0.668. The minimum Gasteiger partial charge on any atom is -0.237 e. The maximum Gasteiger partial charge on any atom is 0.160 e. The molecular formula is C10H6BrClN2. The van der Waals surface area contributed by atoms with Crippen LogP contribution in [-0.2, 0) is 0 Å². The minimum atomic E-state index is 0.668. The van der Waals surface area contributed by atoms with Crippen molar-refractivity contribution in [2.45, 2.75) is 0 Å². The lowest BCUT2D eigenvalue weighted by molar-refractivity contribution is 1.15. The standard InChI is InChI=1S/C10H6BrClN2/c11-9-4-5-13-10(14-9)7-2-1-3-8(12)6-7/h1-6H. The molecule has 0 aliphatic heterocycles. The van der Waals surface area contributed by atoms with Crippen LogP contribution in [0.3, 0.4) is 0 Å². The van der Waals surface area contributed by atoms with Gasteiger partial charge >= 0.3 is 0 Å². The molecule has 0 bridgehead atoms. The van der Waals surface area contributed by atoms with Gasteiger partial charge in [0.2, 0.25) is 0 Å². The molecule has 1 heterocycles. The summed E-state index contributed by atoms with van der Waals surface area (Å²) in [6, 6.07) is 9.25. The summed E-state index contributed by atoms with van der Waals surface area (Å²) >= 11 is 9.16. The van der Waals surface area contributed by atoms with Crippen LogP contribution < -0.4 is 0 Å². The molecule has 2 aromatic rings. The van der Waals surface area contributed by atoms with Crippen LogP contribution in [0.25, 0.3) is 11.4 Å². The maximum atomic E-state index is 5.87. The van der Waals surface area contributed by atoms with Gasteiger partial charge in [0, 0.05) is 16.8 Å². The van der Waals surface area contributed by atoms with Crippen LogP contribution in [0.5, 0.6) is 0 Å². The van der Waals surface area contributed by atoms with E-state index in [0.717, 1.165) is 10.2 Å². The van der Waals surface area contributed by atoms with E-state index in [1.165, 1.54) is 0 Å². The number of benzene rings is 1. The zero-order valence-electron chi connectivity index (χ0n) is 7.11. The third kappa shape index (κ3) is 2.11. The molecule has 14 heavy (non-hydrogen) atoms. The van der Waals surface area contributed by atoms with Crippen molar-refractivity contribution < 1.29 is 0 Å². The Hall–Kier alpha value is -0.930. The van der Waals surface area contributed by atoms with Crippen molar-refractivity contribution in [3.8, 4) is 11.4 Å². The number of halogens is 2. The van der Waals surface area contributed by atoms with Crippen LogP contribution in [0.2, 0.25) is 5.02 Å². The molecule has 1 aromatic carbocycles. The van der Waals surface area contributed by atoms with Crippen LogP contribution in [0.1, 0.15) is 0 Å². The lowest BCUT2D eigenvalue weighted by Crippen LogP contribution is -1.87. The summed E-state index contributed by atoms with van der Waals surface area (Å²) in [6.45, 7) is 0. The van der Waals surface area contributed by atoms with E-state index in [2.05, 4.69) is 25.9 Å². The molecule has 0 fully saturated rings. The molecule has 0 unspecified atom stereocenters. The van der Waals surface area contributed by atoms with Gasteiger partial charge in [0.25, 0.3) is 0 Å². The first-order chi connectivity index (χ1) is 6.75. The Morgan fingerprint density at radius 1 is 1.21 bits per heavy atom. The van der Waals surface area contributed by atoms with E-state index in [4.69, 9.17) is 11.6 Å². The summed E-state index contributed by atoms with van der Waals surface area (Å²) in [6.07, 6.45) is 1.70. The topological polar surface area (TPSA) is 25.8 Å². The summed E-state index contributed by atoms with van der Waals surface area (Å²) < 4.78 is 0.766. The third-order valence-corrected chi connectivity index (χ3v) is 2.38. The lowest BCUT2D eigenvalue weighted by Gasteiger charge is -1.99. The van der Waals surface area contributed by atoms with E-state index in [1.807, 2.05) is 24.3 Å². The Bertz CT molecular complexity index is 416. The smallest absolute Gasteiger partial charge is 0.160 e. The Labute approximate surface area is 95.1 Å². The van der Waals surface area contributed by atoms with Crippen molar-refractivity contribution in [3.05, 3.63) is 46.2 Å². The zero-order valence-corrected chi connectivity index (χ0v) is 9.46. The second-order valence-corrected chi connectivity index (χ2v) is 3.96. The van der Waals surface area contributed by atoms with E-state index in [1.54, 1.807) is 12.3 Å². The van der Waals surface area contributed by atoms with Gasteiger partial charge in [-0.2, -0.15) is 0 Å². The normalized spacial score (nSPS) is 10.1. The average molecular weight is 270 g/mol. The zero-order chi connectivity index (χ0) is 9.97. The van der Waals surface area contributed by atoms with Crippen molar-refractivity contribution in [2.75, 3.05) is 0 Å². The minimum absolute atomic E-state index is 0.668. The highest BCUT2D eigenvalue weighted by Crippen LogP contribution is 2.20. The van der Waals surface area contributed by atoms with E-state index in [0.29, 0.717) is 10.8 Å². The van der Waals surface area contributed by atoms with Crippen LogP contribution in [-0.4, -0.2) is 9.97 Å². The number of hydrogen-bond donors (Lipinski definition) is 0. The van der Waals surface area contributed by atoms with Gasteiger partial charge in [0.05, 0.1) is 0 Å². The summed E-state index contributed by atoms with van der Waals surface area (Å²) in [5, 5.41) is 0.686. The van der Waals surface area contributed by atoms with Gasteiger partial charge in [-0.3, -0.25) is 0 Å². The molecule has 1 aromatic heterocycles. The number of hydrogen-bond acceptors (Lipinski definition) is 2. The van der Waals surface area contributed by atoms with Gasteiger partial charge in [-0.15, -0.1) is 0 Å². The first-order valence-corrected chi connectivity index (χ1v) is 5.17. The third-order valence-electron chi connectivity index (χ3n) is 1.70. The molecule has 2 rings (SSSR count). The molecule has 0 atom stereocenters. The lowest BCUT2D eigenvalue weighted by atomic mass is 10.2. The van der Waals surface area contributed by atoms with E-state index in [9.17, 15) is 0 Å². The first kappa shape index (κ1) is 9.62. The highest BCUT2D eigenvalue weighted by molar-refractivity contribution is 9.10. The van der Waals surface area contributed by atoms with Gasteiger partial charge < -0.3 is 0 Å². The molecular weight excluding hydrogens is 263 g/mol. The van der Waals surface area contributed by atoms with Crippen molar-refractivity contribution in [2.24, 2.45) is 0 Å². The predicted molar refractivity (Wildman–Crippen MR) is 60.2 cm³/mol. The summed E-state index contributed by atoms with van der Waals surface area (Å²) in [5.41, 5.74) is 0.916. The molecule has 0 saturated carbocycles. The Morgan fingerprint density at radius 3 is 2.79 bits per heavy atom. The number of aromatic nitrogens is 2. The molecule has 4 heteroatoms. The molecule has 2 nitrogen and oxygen atoms in total. The maximum absolute atomic E-state index is 5.87. The largest absolute Gasteiger partial charge is 0.237 e. The molecule has 0 N–H and O–H groups in total. The summed E-state index contributed by atoms with van der Waals surface area (Å²) in [4.78, 5) is 8.38. The van der Waals surface area contributed by atoms with Gasteiger partial charge in [-0.25, -0.2) is 9.97 Å². The van der Waals surface area contributed by atoms with E-state index >= 15 is 0 Å². The van der Waals surface area contributed by atoms with Crippen molar-refractivity contribution in [3.63, 3.8) is 0 Å². The molecule has 70 valence electrons. The fourth-order valence-corrected chi connectivity index (χ4v) is 1.58. The van der Waals surface area contributed by atoms with Gasteiger partial charge in [0.15, 0.2) is 5.82 Å². The first-order valence-electron chi connectivity index (χ1n) is 4.00. The SMILES string of the molecule is Clc1cccc(-c2nccc(Br)n2)c1. The Morgan fingerprint density at radius 2 is 2.07 bits per heavy atom. The van der Waals surface area contributed by atoms with Crippen LogP contribution >= 0.6 is 27.5 Å². The second-order valence-electron chi connectivity index (χ2n) is 2.71. The van der Waals surface area contributed by atoms with Crippen LogP contribution in [0, 0.1) is 0 Å². The molecule has 0 amide bonds. The highest BCUT2D eigenvalue weighted by Gasteiger charge is 2.01. The van der Waals surface area contributed by atoms with Gasteiger partial charge in [-0.1, -0.05) is 23.7 Å². The fraction of sp³-hybridized carbons (Fsp3) is 0. The molecule has 0 saturated heterocycles. The second kappa shape index (κ2) is 4.07.